The van der Waals surface area contributed by atoms with Gasteiger partial charge in [0.15, 0.2) is 0 Å². The molecule has 0 saturated heterocycles. The number of likely N-dealkylation sites (N-methyl/N-ethyl adjacent to an activating group) is 1. The van der Waals surface area contributed by atoms with E-state index in [-0.39, 0.29) is 0 Å². The first-order valence-corrected chi connectivity index (χ1v) is 7.25. The molecule has 1 aromatic carbocycles. The van der Waals surface area contributed by atoms with Gasteiger partial charge in [0.2, 0.25) is 0 Å². The average molecular weight is 262 g/mol. The third kappa shape index (κ3) is 3.95. The molecule has 0 radical (unpaired) electrons. The molecule has 1 unspecified atom stereocenters. The van der Waals surface area contributed by atoms with Crippen LogP contribution in [0.3, 0.4) is 0 Å². The average Bonchev–Trinajstić information content (AvgIpc) is 3.16. The molecular formula is C16H26N2O. The summed E-state index contributed by atoms with van der Waals surface area (Å²) in [5.74, 6) is 0.999. The molecule has 1 fully saturated rings. The van der Waals surface area contributed by atoms with E-state index in [1.54, 1.807) is 0 Å². The van der Waals surface area contributed by atoms with Crippen molar-refractivity contribution in [2.24, 2.45) is 0 Å². The molecule has 1 aromatic rings. The van der Waals surface area contributed by atoms with Gasteiger partial charge >= 0.3 is 0 Å². The number of rotatable bonds is 7. The fraction of sp³-hybridized carbons (Fsp3) is 0.625. The summed E-state index contributed by atoms with van der Waals surface area (Å²) in [4.78, 5) is 2.28. The minimum absolute atomic E-state index is 0.426. The first-order valence-electron chi connectivity index (χ1n) is 7.25. The van der Waals surface area contributed by atoms with Gasteiger partial charge in [-0.1, -0.05) is 12.1 Å². The number of ether oxygens (including phenoxy) is 1. The van der Waals surface area contributed by atoms with Gasteiger partial charge < -0.3 is 15.0 Å². The highest BCUT2D eigenvalue weighted by molar-refractivity contribution is 5.37. The quantitative estimate of drug-likeness (QED) is 0.818. The molecule has 0 aliphatic heterocycles. The Morgan fingerprint density at radius 3 is 2.63 bits per heavy atom. The molecule has 2 rings (SSSR count). The van der Waals surface area contributed by atoms with Gasteiger partial charge in [0.05, 0.1) is 6.61 Å². The normalized spacial score (nSPS) is 16.7. The van der Waals surface area contributed by atoms with E-state index in [1.807, 2.05) is 6.92 Å². The Labute approximate surface area is 116 Å². The van der Waals surface area contributed by atoms with Crippen molar-refractivity contribution in [3.05, 3.63) is 29.3 Å². The lowest BCUT2D eigenvalue weighted by atomic mass is 10.0. The van der Waals surface area contributed by atoms with E-state index in [1.165, 1.54) is 24.0 Å². The van der Waals surface area contributed by atoms with Crippen LogP contribution in [0.1, 0.15) is 36.9 Å². The number of hydrogen-bond donors (Lipinski definition) is 1. The van der Waals surface area contributed by atoms with Crippen LogP contribution in [0.4, 0.5) is 0 Å². The number of nitrogens with zero attached hydrogens (tertiary/aromatic N) is 1. The monoisotopic (exact) mass is 262 g/mol. The topological polar surface area (TPSA) is 24.5 Å². The molecule has 0 bridgehead atoms. The van der Waals surface area contributed by atoms with E-state index in [4.69, 9.17) is 4.74 Å². The van der Waals surface area contributed by atoms with Gasteiger partial charge in [-0.2, -0.15) is 0 Å². The number of benzene rings is 1. The Balaban J connectivity index is 2.08. The second-order valence-corrected chi connectivity index (χ2v) is 5.62. The van der Waals surface area contributed by atoms with Crippen molar-refractivity contribution in [1.29, 1.82) is 0 Å². The second kappa shape index (κ2) is 6.40. The van der Waals surface area contributed by atoms with E-state index < -0.39 is 0 Å². The lowest BCUT2D eigenvalue weighted by Gasteiger charge is -2.26. The predicted molar refractivity (Wildman–Crippen MR) is 79.8 cm³/mol. The van der Waals surface area contributed by atoms with Crippen LogP contribution in [-0.4, -0.2) is 38.2 Å². The van der Waals surface area contributed by atoms with Crippen molar-refractivity contribution in [1.82, 2.24) is 10.2 Å². The molecule has 3 heteroatoms. The molecular weight excluding hydrogens is 236 g/mol. The molecule has 19 heavy (non-hydrogen) atoms. The van der Waals surface area contributed by atoms with Gasteiger partial charge in [-0.3, -0.25) is 0 Å². The molecule has 0 amide bonds. The minimum Gasteiger partial charge on any atom is -0.494 e. The Hall–Kier alpha value is -1.06. The molecule has 1 saturated carbocycles. The highest BCUT2D eigenvalue weighted by atomic mass is 16.5. The first-order chi connectivity index (χ1) is 9.11. The SMILES string of the molecule is CCOc1ccc(C(CNC2CC2)N(C)C)cc1C. The van der Waals surface area contributed by atoms with Crippen LogP contribution >= 0.6 is 0 Å². The maximum absolute atomic E-state index is 5.61. The van der Waals surface area contributed by atoms with Crippen molar-refractivity contribution in [3.8, 4) is 5.75 Å². The number of nitrogens with one attached hydrogen (secondary N) is 1. The molecule has 0 heterocycles. The Morgan fingerprint density at radius 2 is 2.11 bits per heavy atom. The second-order valence-electron chi connectivity index (χ2n) is 5.62. The lowest BCUT2D eigenvalue weighted by Crippen LogP contribution is -2.32. The van der Waals surface area contributed by atoms with Crippen LogP contribution in [0.15, 0.2) is 18.2 Å². The van der Waals surface area contributed by atoms with Crippen LogP contribution in [0.2, 0.25) is 0 Å². The predicted octanol–water partition coefficient (Wildman–Crippen LogP) is 2.75. The Bertz CT molecular complexity index is 413. The van der Waals surface area contributed by atoms with Crippen LogP contribution in [-0.2, 0) is 0 Å². The van der Waals surface area contributed by atoms with Gasteiger partial charge in [-0.05, 0) is 58.0 Å². The van der Waals surface area contributed by atoms with E-state index in [9.17, 15) is 0 Å². The highest BCUT2D eigenvalue weighted by Crippen LogP contribution is 2.26. The largest absolute Gasteiger partial charge is 0.494 e. The third-order valence-corrected chi connectivity index (χ3v) is 3.68. The van der Waals surface area contributed by atoms with E-state index in [0.717, 1.165) is 24.9 Å². The molecule has 1 aliphatic rings. The molecule has 1 N–H and O–H groups in total. The highest BCUT2D eigenvalue weighted by Gasteiger charge is 2.23. The van der Waals surface area contributed by atoms with E-state index >= 15 is 0 Å². The smallest absolute Gasteiger partial charge is 0.122 e. The van der Waals surface area contributed by atoms with Gasteiger partial charge in [-0.25, -0.2) is 0 Å². The summed E-state index contributed by atoms with van der Waals surface area (Å²) >= 11 is 0. The maximum Gasteiger partial charge on any atom is 0.122 e. The molecule has 1 atom stereocenters. The molecule has 106 valence electrons. The summed E-state index contributed by atoms with van der Waals surface area (Å²) in [5, 5.41) is 3.62. The summed E-state index contributed by atoms with van der Waals surface area (Å²) in [6.45, 7) is 5.89. The maximum atomic E-state index is 5.61. The van der Waals surface area contributed by atoms with E-state index in [2.05, 4.69) is 49.4 Å². The standard InChI is InChI=1S/C16H26N2O/c1-5-19-16-9-6-13(10-12(16)2)15(18(3)4)11-17-14-7-8-14/h6,9-10,14-15,17H,5,7-8,11H2,1-4H3. The lowest BCUT2D eigenvalue weighted by molar-refractivity contribution is 0.287. The molecule has 1 aliphatic carbocycles. The zero-order chi connectivity index (χ0) is 13.8. The van der Waals surface area contributed by atoms with Gasteiger partial charge in [0.25, 0.3) is 0 Å². The Kier molecular flexibility index (Phi) is 4.83. The fourth-order valence-corrected chi connectivity index (χ4v) is 2.36. The summed E-state index contributed by atoms with van der Waals surface area (Å²) in [5.41, 5.74) is 2.58. The van der Waals surface area contributed by atoms with Gasteiger partial charge in [-0.15, -0.1) is 0 Å². The minimum atomic E-state index is 0.426. The Morgan fingerprint density at radius 1 is 1.37 bits per heavy atom. The summed E-state index contributed by atoms with van der Waals surface area (Å²) in [6, 6.07) is 7.73. The van der Waals surface area contributed by atoms with Crippen LogP contribution in [0.5, 0.6) is 5.75 Å². The third-order valence-electron chi connectivity index (χ3n) is 3.68. The van der Waals surface area contributed by atoms with E-state index in [0.29, 0.717) is 6.04 Å². The summed E-state index contributed by atoms with van der Waals surface area (Å²) < 4.78 is 5.61. The van der Waals surface area contributed by atoms with Crippen molar-refractivity contribution < 1.29 is 4.74 Å². The van der Waals surface area contributed by atoms with Crippen molar-refractivity contribution in [2.75, 3.05) is 27.2 Å². The molecule has 0 aromatic heterocycles. The van der Waals surface area contributed by atoms with Crippen LogP contribution in [0.25, 0.3) is 0 Å². The first kappa shape index (κ1) is 14.4. The molecule has 0 spiro atoms. The van der Waals surface area contributed by atoms with Crippen LogP contribution in [0, 0.1) is 6.92 Å². The zero-order valence-corrected chi connectivity index (χ0v) is 12.6. The fourth-order valence-electron chi connectivity index (χ4n) is 2.36. The summed E-state index contributed by atoms with van der Waals surface area (Å²) in [6.07, 6.45) is 2.67. The number of hydrogen-bond acceptors (Lipinski definition) is 3. The zero-order valence-electron chi connectivity index (χ0n) is 12.6. The molecule has 3 nitrogen and oxygen atoms in total. The van der Waals surface area contributed by atoms with Crippen molar-refractivity contribution in [3.63, 3.8) is 0 Å². The van der Waals surface area contributed by atoms with Gasteiger partial charge in [0.1, 0.15) is 5.75 Å². The van der Waals surface area contributed by atoms with Crippen LogP contribution < -0.4 is 10.1 Å². The van der Waals surface area contributed by atoms with Crippen molar-refractivity contribution in [2.45, 2.75) is 38.8 Å². The number of aryl methyl sites for hydroxylation is 1. The van der Waals surface area contributed by atoms with Crippen molar-refractivity contribution >= 4 is 0 Å². The summed E-state index contributed by atoms with van der Waals surface area (Å²) in [7, 11) is 4.29. The van der Waals surface area contributed by atoms with Gasteiger partial charge in [0, 0.05) is 18.6 Å².